The standard InChI is InChI=1S/C10H9N5O3S/c11-5-3-6(16)15-10(14-5)19-8-7(12)4(9(17)18)1-2-13-8/h1-3H,12H2,(H,17,18)(H3,11,14,15,16). The lowest BCUT2D eigenvalue weighted by Crippen LogP contribution is -2.10. The first kappa shape index (κ1) is 12.9. The molecule has 6 N–H and O–H groups in total. The lowest BCUT2D eigenvalue weighted by Gasteiger charge is -2.06. The van der Waals surface area contributed by atoms with E-state index < -0.39 is 11.5 Å². The molecule has 0 fully saturated rings. The van der Waals surface area contributed by atoms with E-state index in [9.17, 15) is 9.59 Å². The Morgan fingerprint density at radius 1 is 1.42 bits per heavy atom. The van der Waals surface area contributed by atoms with Crippen molar-refractivity contribution in [3.63, 3.8) is 0 Å². The van der Waals surface area contributed by atoms with E-state index in [0.717, 1.165) is 17.8 Å². The molecule has 0 spiro atoms. The minimum Gasteiger partial charge on any atom is -0.478 e. The summed E-state index contributed by atoms with van der Waals surface area (Å²) in [6.45, 7) is 0. The van der Waals surface area contributed by atoms with Crippen molar-refractivity contribution in [3.8, 4) is 0 Å². The van der Waals surface area contributed by atoms with Crippen LogP contribution in [0.15, 0.2) is 33.3 Å². The number of pyridine rings is 1. The van der Waals surface area contributed by atoms with E-state index in [4.69, 9.17) is 16.6 Å². The van der Waals surface area contributed by atoms with Gasteiger partial charge in [0.1, 0.15) is 10.8 Å². The van der Waals surface area contributed by atoms with Crippen molar-refractivity contribution in [2.24, 2.45) is 0 Å². The molecule has 0 aliphatic heterocycles. The molecule has 2 aromatic rings. The fourth-order valence-corrected chi connectivity index (χ4v) is 2.13. The lowest BCUT2D eigenvalue weighted by molar-refractivity contribution is 0.0697. The van der Waals surface area contributed by atoms with Crippen molar-refractivity contribution in [3.05, 3.63) is 34.2 Å². The number of hydrogen-bond donors (Lipinski definition) is 4. The monoisotopic (exact) mass is 279 g/mol. The number of aromatic nitrogens is 3. The molecule has 0 radical (unpaired) electrons. The molecule has 2 aromatic heterocycles. The molecule has 19 heavy (non-hydrogen) atoms. The molecule has 2 rings (SSSR count). The Kier molecular flexibility index (Phi) is 3.38. The van der Waals surface area contributed by atoms with Crippen molar-refractivity contribution < 1.29 is 9.90 Å². The second kappa shape index (κ2) is 4.98. The molecule has 8 nitrogen and oxygen atoms in total. The van der Waals surface area contributed by atoms with Crippen molar-refractivity contribution in [2.75, 3.05) is 11.5 Å². The maximum Gasteiger partial charge on any atom is 0.337 e. The van der Waals surface area contributed by atoms with Crippen LogP contribution in [0.3, 0.4) is 0 Å². The van der Waals surface area contributed by atoms with Crippen LogP contribution in [0, 0.1) is 0 Å². The van der Waals surface area contributed by atoms with E-state index in [1.54, 1.807) is 0 Å². The van der Waals surface area contributed by atoms with Gasteiger partial charge in [-0.2, -0.15) is 0 Å². The first-order valence-electron chi connectivity index (χ1n) is 5.00. The molecule has 0 atom stereocenters. The Hall–Kier alpha value is -2.55. The van der Waals surface area contributed by atoms with Gasteiger partial charge < -0.3 is 21.6 Å². The first-order valence-corrected chi connectivity index (χ1v) is 5.81. The molecule has 0 bridgehead atoms. The number of carboxylic acids is 1. The fourth-order valence-electron chi connectivity index (χ4n) is 1.32. The Labute approximate surface area is 110 Å². The van der Waals surface area contributed by atoms with Gasteiger partial charge in [0.05, 0.1) is 11.3 Å². The minimum atomic E-state index is -1.16. The summed E-state index contributed by atoms with van der Waals surface area (Å²) in [4.78, 5) is 32.4. The van der Waals surface area contributed by atoms with Crippen LogP contribution in [0.4, 0.5) is 11.5 Å². The second-order valence-electron chi connectivity index (χ2n) is 3.46. The van der Waals surface area contributed by atoms with E-state index in [2.05, 4.69) is 15.0 Å². The van der Waals surface area contributed by atoms with Crippen LogP contribution in [-0.4, -0.2) is 26.0 Å². The third-order valence-electron chi connectivity index (χ3n) is 2.12. The Morgan fingerprint density at radius 3 is 2.79 bits per heavy atom. The first-order chi connectivity index (χ1) is 8.97. The second-order valence-corrected chi connectivity index (χ2v) is 4.44. The van der Waals surface area contributed by atoms with Crippen LogP contribution in [0.5, 0.6) is 0 Å². The van der Waals surface area contributed by atoms with Crippen molar-refractivity contribution in [2.45, 2.75) is 10.2 Å². The number of rotatable bonds is 3. The van der Waals surface area contributed by atoms with Gasteiger partial charge in [-0.05, 0) is 17.8 Å². The summed E-state index contributed by atoms with van der Waals surface area (Å²) in [5, 5.41) is 9.35. The summed E-state index contributed by atoms with van der Waals surface area (Å²) in [7, 11) is 0. The van der Waals surface area contributed by atoms with E-state index in [1.165, 1.54) is 12.3 Å². The summed E-state index contributed by atoms with van der Waals surface area (Å²) in [6, 6.07) is 2.42. The van der Waals surface area contributed by atoms with Gasteiger partial charge in [-0.3, -0.25) is 4.79 Å². The zero-order valence-electron chi connectivity index (χ0n) is 9.45. The van der Waals surface area contributed by atoms with E-state index in [0.29, 0.717) is 0 Å². The molecule has 0 aliphatic carbocycles. The Bertz CT molecular complexity index is 700. The molecule has 0 amide bonds. The summed E-state index contributed by atoms with van der Waals surface area (Å²) < 4.78 is 0. The smallest absolute Gasteiger partial charge is 0.337 e. The largest absolute Gasteiger partial charge is 0.478 e. The zero-order chi connectivity index (χ0) is 14.0. The van der Waals surface area contributed by atoms with Gasteiger partial charge in [0.15, 0.2) is 5.16 Å². The van der Waals surface area contributed by atoms with Crippen molar-refractivity contribution in [1.29, 1.82) is 0 Å². The number of anilines is 2. The lowest BCUT2D eigenvalue weighted by atomic mass is 10.2. The summed E-state index contributed by atoms with van der Waals surface area (Å²) in [5.74, 6) is -1.10. The highest BCUT2D eigenvalue weighted by molar-refractivity contribution is 7.99. The summed E-state index contributed by atoms with van der Waals surface area (Å²) in [6.07, 6.45) is 1.31. The number of nitrogens with one attached hydrogen (secondary N) is 1. The van der Waals surface area contributed by atoms with Crippen LogP contribution in [0.2, 0.25) is 0 Å². The minimum absolute atomic E-state index is 0.00470. The van der Waals surface area contributed by atoms with Crippen molar-refractivity contribution in [1.82, 2.24) is 15.0 Å². The summed E-state index contributed by atoms with van der Waals surface area (Å²) in [5.41, 5.74) is 10.7. The maximum atomic E-state index is 11.2. The van der Waals surface area contributed by atoms with Crippen LogP contribution in [0.25, 0.3) is 0 Å². The van der Waals surface area contributed by atoms with Crippen LogP contribution < -0.4 is 17.0 Å². The number of aromatic amines is 1. The number of nitrogens with two attached hydrogens (primary N) is 2. The number of carbonyl (C=O) groups is 1. The van der Waals surface area contributed by atoms with Gasteiger partial charge in [-0.15, -0.1) is 0 Å². The predicted molar refractivity (Wildman–Crippen MR) is 69.0 cm³/mol. The third-order valence-corrected chi connectivity index (χ3v) is 3.02. The van der Waals surface area contributed by atoms with Gasteiger partial charge in [0.25, 0.3) is 5.56 Å². The molecule has 0 saturated heterocycles. The van der Waals surface area contributed by atoms with Gasteiger partial charge in [-0.25, -0.2) is 14.8 Å². The van der Waals surface area contributed by atoms with E-state index >= 15 is 0 Å². The molecule has 9 heteroatoms. The molecule has 0 aromatic carbocycles. The number of hydrogen-bond acceptors (Lipinski definition) is 7. The SMILES string of the molecule is Nc1cc(=O)[nH]c(Sc2nccc(C(=O)O)c2N)n1. The van der Waals surface area contributed by atoms with Gasteiger partial charge in [-0.1, -0.05) is 0 Å². The average Bonchev–Trinajstić information content (AvgIpc) is 2.30. The Balaban J connectivity index is 2.41. The van der Waals surface area contributed by atoms with E-state index in [-0.39, 0.29) is 27.3 Å². The van der Waals surface area contributed by atoms with Crippen LogP contribution >= 0.6 is 11.8 Å². The van der Waals surface area contributed by atoms with Crippen LogP contribution in [0.1, 0.15) is 10.4 Å². The average molecular weight is 279 g/mol. The van der Waals surface area contributed by atoms with Gasteiger partial charge in [0, 0.05) is 12.3 Å². The third kappa shape index (κ3) is 2.83. The molecular weight excluding hydrogens is 270 g/mol. The fraction of sp³-hybridized carbons (Fsp3) is 0. The maximum absolute atomic E-state index is 11.2. The molecule has 2 heterocycles. The topological polar surface area (TPSA) is 148 Å². The molecule has 0 saturated carbocycles. The van der Waals surface area contributed by atoms with Gasteiger partial charge >= 0.3 is 5.97 Å². The molecule has 0 aliphatic rings. The number of nitrogen functional groups attached to an aromatic ring is 2. The molecular formula is C10H9N5O3S. The van der Waals surface area contributed by atoms with Crippen molar-refractivity contribution >= 4 is 29.2 Å². The number of nitrogens with zero attached hydrogens (tertiary/aromatic N) is 2. The quantitative estimate of drug-likeness (QED) is 0.581. The highest BCUT2D eigenvalue weighted by Gasteiger charge is 2.14. The van der Waals surface area contributed by atoms with Gasteiger partial charge in [0.2, 0.25) is 0 Å². The predicted octanol–water partition coefficient (Wildman–Crippen LogP) is 0.179. The van der Waals surface area contributed by atoms with E-state index in [1.807, 2.05) is 0 Å². The zero-order valence-corrected chi connectivity index (χ0v) is 10.3. The number of aromatic carboxylic acids is 1. The highest BCUT2D eigenvalue weighted by Crippen LogP contribution is 2.29. The normalized spacial score (nSPS) is 10.3. The molecule has 0 unspecified atom stereocenters. The highest BCUT2D eigenvalue weighted by atomic mass is 32.2. The van der Waals surface area contributed by atoms with Crippen LogP contribution in [-0.2, 0) is 0 Å². The Morgan fingerprint density at radius 2 is 2.16 bits per heavy atom. The summed E-state index contributed by atoms with van der Waals surface area (Å²) >= 11 is 0.928. The molecule has 98 valence electrons. The number of carboxylic acid groups (broad SMARTS) is 1. The number of H-pyrrole nitrogens is 1.